The van der Waals surface area contributed by atoms with Gasteiger partial charge in [-0.15, -0.1) is 0 Å². The number of hydrogen-bond acceptors (Lipinski definition) is 3. The minimum Gasteiger partial charge on any atom is -0.353 e. The number of carbonyl (C=O) groups excluding carboxylic acids is 2. The summed E-state index contributed by atoms with van der Waals surface area (Å²) in [4.78, 5) is 29.6. The van der Waals surface area contributed by atoms with Gasteiger partial charge in [0.2, 0.25) is 11.8 Å². The molecule has 5 heteroatoms. The van der Waals surface area contributed by atoms with Crippen LogP contribution in [0.3, 0.4) is 0 Å². The van der Waals surface area contributed by atoms with Crippen molar-refractivity contribution >= 4 is 11.8 Å². The summed E-state index contributed by atoms with van der Waals surface area (Å²) in [5.74, 6) is 0.519. The van der Waals surface area contributed by atoms with E-state index in [1.807, 2.05) is 11.9 Å². The summed E-state index contributed by atoms with van der Waals surface area (Å²) in [5, 5.41) is 3.01. The molecule has 2 fully saturated rings. The van der Waals surface area contributed by atoms with Crippen molar-refractivity contribution in [2.24, 2.45) is 5.92 Å². The molecule has 0 saturated carbocycles. The number of rotatable bonds is 1. The Morgan fingerprint density at radius 2 is 1.88 bits per heavy atom. The normalized spacial score (nSPS) is 26.2. The molecule has 1 aliphatic carbocycles. The Kier molecular flexibility index (Phi) is 4.28. The Labute approximate surface area is 149 Å². The zero-order valence-electron chi connectivity index (χ0n) is 15.0. The third-order valence-electron chi connectivity index (χ3n) is 6.48. The molecule has 3 aliphatic rings. The smallest absolute Gasteiger partial charge is 0.240 e. The van der Waals surface area contributed by atoms with Crippen molar-refractivity contribution < 1.29 is 9.59 Å². The SMILES string of the molecule is CN1CCNC(=O)C12CCN(C(=O)[C@H]1CCc3ccccc3C1)CC2. The number of likely N-dealkylation sites (tertiary alicyclic amines) is 1. The highest BCUT2D eigenvalue weighted by atomic mass is 16.2. The second-order valence-corrected chi connectivity index (χ2v) is 7.74. The predicted molar refractivity (Wildman–Crippen MR) is 96.1 cm³/mol. The van der Waals surface area contributed by atoms with Crippen molar-refractivity contribution in [1.82, 2.24) is 15.1 Å². The lowest BCUT2D eigenvalue weighted by Crippen LogP contribution is -2.67. The maximum Gasteiger partial charge on any atom is 0.240 e. The molecule has 1 aromatic carbocycles. The molecule has 134 valence electrons. The summed E-state index contributed by atoms with van der Waals surface area (Å²) in [6, 6.07) is 8.48. The maximum absolute atomic E-state index is 13.0. The van der Waals surface area contributed by atoms with E-state index in [-0.39, 0.29) is 17.7 Å². The molecule has 1 aromatic rings. The van der Waals surface area contributed by atoms with Gasteiger partial charge in [-0.2, -0.15) is 0 Å². The first kappa shape index (κ1) is 16.6. The van der Waals surface area contributed by atoms with Crippen LogP contribution in [-0.2, 0) is 22.4 Å². The lowest BCUT2D eigenvalue weighted by Gasteiger charge is -2.49. The molecule has 2 amide bonds. The van der Waals surface area contributed by atoms with Crippen molar-refractivity contribution in [2.45, 2.75) is 37.6 Å². The first-order valence-corrected chi connectivity index (χ1v) is 9.45. The number of carbonyl (C=O) groups is 2. The van der Waals surface area contributed by atoms with Crippen LogP contribution in [0.1, 0.15) is 30.4 Å². The molecule has 0 unspecified atom stereocenters. The molecule has 0 radical (unpaired) electrons. The van der Waals surface area contributed by atoms with Crippen LogP contribution in [0.5, 0.6) is 0 Å². The standard InChI is InChI=1S/C20H27N3O2/c1-22-13-10-21-19(25)20(22)8-11-23(12-9-20)18(24)17-7-6-15-4-2-3-5-16(15)14-17/h2-5,17H,6-14H2,1H3,(H,21,25)/t17-/m0/s1. The summed E-state index contributed by atoms with van der Waals surface area (Å²) >= 11 is 0. The first-order chi connectivity index (χ1) is 12.1. The highest BCUT2D eigenvalue weighted by Gasteiger charge is 2.47. The molecular formula is C20H27N3O2. The van der Waals surface area contributed by atoms with Gasteiger partial charge in [-0.25, -0.2) is 0 Å². The van der Waals surface area contributed by atoms with E-state index in [9.17, 15) is 9.59 Å². The Bertz CT molecular complexity index is 679. The van der Waals surface area contributed by atoms with Gasteiger partial charge in [0, 0.05) is 32.1 Å². The van der Waals surface area contributed by atoms with Crippen molar-refractivity contribution in [3.05, 3.63) is 35.4 Å². The van der Waals surface area contributed by atoms with Crippen molar-refractivity contribution in [3.8, 4) is 0 Å². The highest BCUT2D eigenvalue weighted by molar-refractivity contribution is 5.88. The lowest BCUT2D eigenvalue weighted by atomic mass is 9.81. The van der Waals surface area contributed by atoms with E-state index < -0.39 is 5.54 Å². The zero-order valence-corrected chi connectivity index (χ0v) is 15.0. The first-order valence-electron chi connectivity index (χ1n) is 9.45. The Morgan fingerprint density at radius 1 is 1.16 bits per heavy atom. The van der Waals surface area contributed by atoms with Crippen molar-refractivity contribution in [2.75, 3.05) is 33.2 Å². The van der Waals surface area contributed by atoms with Crippen LogP contribution in [0.25, 0.3) is 0 Å². The van der Waals surface area contributed by atoms with Crippen LogP contribution < -0.4 is 5.32 Å². The fraction of sp³-hybridized carbons (Fsp3) is 0.600. The summed E-state index contributed by atoms with van der Waals surface area (Å²) in [7, 11) is 2.04. The van der Waals surface area contributed by atoms with Gasteiger partial charge < -0.3 is 10.2 Å². The van der Waals surface area contributed by atoms with Gasteiger partial charge in [0.15, 0.2) is 0 Å². The molecule has 1 atom stereocenters. The number of amides is 2. The van der Waals surface area contributed by atoms with E-state index in [4.69, 9.17) is 0 Å². The van der Waals surface area contributed by atoms with E-state index in [0.29, 0.717) is 13.1 Å². The van der Waals surface area contributed by atoms with Gasteiger partial charge >= 0.3 is 0 Å². The van der Waals surface area contributed by atoms with Crippen LogP contribution in [0.15, 0.2) is 24.3 Å². The molecule has 25 heavy (non-hydrogen) atoms. The molecule has 0 bridgehead atoms. The molecule has 1 N–H and O–H groups in total. The average Bonchev–Trinajstić information content (AvgIpc) is 2.66. The van der Waals surface area contributed by atoms with Gasteiger partial charge in [-0.1, -0.05) is 24.3 Å². The number of piperidine rings is 1. The largest absolute Gasteiger partial charge is 0.353 e. The Hall–Kier alpha value is -1.88. The van der Waals surface area contributed by atoms with Crippen LogP contribution in [0, 0.1) is 5.92 Å². The number of fused-ring (bicyclic) bond motifs is 1. The summed E-state index contributed by atoms with van der Waals surface area (Å²) in [6.07, 6.45) is 4.28. The van der Waals surface area contributed by atoms with Gasteiger partial charge in [0.1, 0.15) is 5.54 Å². The highest BCUT2D eigenvalue weighted by Crippen LogP contribution is 2.32. The van der Waals surface area contributed by atoms with E-state index >= 15 is 0 Å². The van der Waals surface area contributed by atoms with E-state index in [2.05, 4.69) is 34.5 Å². The topological polar surface area (TPSA) is 52.7 Å². The molecule has 5 nitrogen and oxygen atoms in total. The predicted octanol–water partition coefficient (Wildman–Crippen LogP) is 1.21. The van der Waals surface area contributed by atoms with Gasteiger partial charge in [-0.3, -0.25) is 14.5 Å². The number of aryl methyl sites for hydroxylation is 1. The summed E-state index contributed by atoms with van der Waals surface area (Å²) in [6.45, 7) is 2.99. The molecular weight excluding hydrogens is 314 g/mol. The maximum atomic E-state index is 13.0. The lowest BCUT2D eigenvalue weighted by molar-refractivity contribution is -0.147. The molecule has 2 heterocycles. The molecule has 2 saturated heterocycles. The molecule has 0 aromatic heterocycles. The summed E-state index contributed by atoms with van der Waals surface area (Å²) in [5.41, 5.74) is 2.31. The quantitative estimate of drug-likeness (QED) is 0.835. The minimum absolute atomic E-state index is 0.0989. The number of nitrogens with one attached hydrogen (secondary N) is 1. The number of likely N-dealkylation sites (N-methyl/N-ethyl adjacent to an activating group) is 1. The van der Waals surface area contributed by atoms with Gasteiger partial charge in [0.25, 0.3) is 0 Å². The minimum atomic E-state index is -0.409. The number of piperazine rings is 1. The van der Waals surface area contributed by atoms with Crippen molar-refractivity contribution in [3.63, 3.8) is 0 Å². The Balaban J connectivity index is 1.41. The number of benzene rings is 1. The van der Waals surface area contributed by atoms with Crippen LogP contribution in [-0.4, -0.2) is 60.4 Å². The third kappa shape index (κ3) is 2.84. The van der Waals surface area contributed by atoms with Gasteiger partial charge in [-0.05, 0) is 50.3 Å². The van der Waals surface area contributed by atoms with Gasteiger partial charge in [0.05, 0.1) is 0 Å². The summed E-state index contributed by atoms with van der Waals surface area (Å²) < 4.78 is 0. The second-order valence-electron chi connectivity index (χ2n) is 7.74. The fourth-order valence-corrected chi connectivity index (χ4v) is 4.76. The van der Waals surface area contributed by atoms with Crippen molar-refractivity contribution in [1.29, 1.82) is 0 Å². The fourth-order valence-electron chi connectivity index (χ4n) is 4.76. The number of hydrogen-bond donors (Lipinski definition) is 1. The van der Waals surface area contributed by atoms with E-state index in [1.165, 1.54) is 11.1 Å². The molecule has 1 spiro atoms. The van der Waals surface area contributed by atoms with Crippen LogP contribution >= 0.6 is 0 Å². The zero-order chi connectivity index (χ0) is 17.4. The third-order valence-corrected chi connectivity index (χ3v) is 6.48. The molecule has 4 rings (SSSR count). The second kappa shape index (κ2) is 6.45. The average molecular weight is 341 g/mol. The number of nitrogens with zero attached hydrogens (tertiary/aromatic N) is 2. The monoisotopic (exact) mass is 341 g/mol. The van der Waals surface area contributed by atoms with E-state index in [0.717, 1.165) is 45.2 Å². The molecule has 2 aliphatic heterocycles. The van der Waals surface area contributed by atoms with Crippen LogP contribution in [0.2, 0.25) is 0 Å². The van der Waals surface area contributed by atoms with Crippen LogP contribution in [0.4, 0.5) is 0 Å². The van der Waals surface area contributed by atoms with E-state index in [1.54, 1.807) is 0 Å². The Morgan fingerprint density at radius 3 is 2.60 bits per heavy atom.